The molecule has 0 aromatic rings. The van der Waals surface area contributed by atoms with Crippen LogP contribution in [0.4, 0.5) is 0 Å². The molecule has 1 aliphatic carbocycles. The number of carbonyl (C=O) groups is 2. The predicted molar refractivity (Wildman–Crippen MR) is 57.3 cm³/mol. The van der Waals surface area contributed by atoms with E-state index in [0.29, 0.717) is 18.4 Å². The van der Waals surface area contributed by atoms with Gasteiger partial charge >= 0.3 is 5.97 Å². The summed E-state index contributed by atoms with van der Waals surface area (Å²) in [5, 5.41) is 0. The van der Waals surface area contributed by atoms with E-state index >= 15 is 0 Å². The molecule has 1 aliphatic rings. The summed E-state index contributed by atoms with van der Waals surface area (Å²) in [6, 6.07) is 0. The van der Waals surface area contributed by atoms with Gasteiger partial charge in [-0.25, -0.2) is 0 Å². The van der Waals surface area contributed by atoms with Crippen LogP contribution in [0.2, 0.25) is 0 Å². The van der Waals surface area contributed by atoms with Crippen LogP contribution in [0.5, 0.6) is 0 Å². The lowest BCUT2D eigenvalue weighted by atomic mass is 9.62. The quantitative estimate of drug-likeness (QED) is 0.406. The zero-order valence-corrected chi connectivity index (χ0v) is 9.63. The molecule has 1 rings (SSSR count). The van der Waals surface area contributed by atoms with Crippen LogP contribution in [-0.4, -0.2) is 17.9 Å². The summed E-state index contributed by atoms with van der Waals surface area (Å²) in [4.78, 5) is 23.7. The lowest BCUT2D eigenvalue weighted by Crippen LogP contribution is -2.48. The van der Waals surface area contributed by atoms with E-state index in [1.807, 2.05) is 0 Å². The average molecular weight is 210 g/mol. The van der Waals surface area contributed by atoms with E-state index in [1.54, 1.807) is 20.8 Å². The number of ketones is 1. The Morgan fingerprint density at radius 3 is 2.40 bits per heavy atom. The Kier molecular flexibility index (Phi) is 3.32. The van der Waals surface area contributed by atoms with Gasteiger partial charge in [-0.2, -0.15) is 0 Å². The first-order valence-electron chi connectivity index (χ1n) is 5.37. The van der Waals surface area contributed by atoms with Crippen LogP contribution in [-0.2, 0) is 14.3 Å². The van der Waals surface area contributed by atoms with Crippen molar-refractivity contribution in [1.29, 1.82) is 0 Å². The van der Waals surface area contributed by atoms with Crippen molar-refractivity contribution in [1.82, 2.24) is 0 Å². The van der Waals surface area contributed by atoms with E-state index in [-0.39, 0.29) is 11.9 Å². The molecule has 0 spiro atoms. The third kappa shape index (κ3) is 1.83. The van der Waals surface area contributed by atoms with Gasteiger partial charge in [0, 0.05) is 6.42 Å². The first-order chi connectivity index (χ1) is 6.95. The van der Waals surface area contributed by atoms with Crippen molar-refractivity contribution < 1.29 is 14.3 Å². The van der Waals surface area contributed by atoms with E-state index in [9.17, 15) is 9.59 Å². The molecule has 0 radical (unpaired) electrons. The largest absolute Gasteiger partial charge is 0.462 e. The lowest BCUT2D eigenvalue weighted by molar-refractivity contribution is -0.164. The van der Waals surface area contributed by atoms with Gasteiger partial charge in [-0.15, -0.1) is 0 Å². The maximum atomic E-state index is 11.9. The Balaban J connectivity index is 2.88. The Hall–Kier alpha value is -1.12. The van der Waals surface area contributed by atoms with Gasteiger partial charge in [0.1, 0.15) is 5.41 Å². The Labute approximate surface area is 90.5 Å². The number of hydrogen-bond donors (Lipinski definition) is 0. The highest BCUT2D eigenvalue weighted by molar-refractivity contribution is 6.08. The molecule has 15 heavy (non-hydrogen) atoms. The van der Waals surface area contributed by atoms with E-state index in [0.717, 1.165) is 6.42 Å². The number of carbonyl (C=O) groups excluding carboxylic acids is 2. The van der Waals surface area contributed by atoms with Crippen molar-refractivity contribution >= 4 is 11.8 Å². The highest BCUT2D eigenvalue weighted by Gasteiger charge is 2.54. The maximum absolute atomic E-state index is 11.9. The van der Waals surface area contributed by atoms with Crippen molar-refractivity contribution in [3.8, 4) is 0 Å². The highest BCUT2D eigenvalue weighted by Crippen LogP contribution is 2.47. The number of Topliss-reactive ketones (excluding diaryl/α,β-unsaturated/α-hetero) is 1. The van der Waals surface area contributed by atoms with Crippen LogP contribution in [0, 0.1) is 5.41 Å². The fourth-order valence-corrected chi connectivity index (χ4v) is 1.87. The molecule has 0 aromatic heterocycles. The van der Waals surface area contributed by atoms with Gasteiger partial charge in [0.25, 0.3) is 0 Å². The molecule has 0 amide bonds. The number of rotatable bonds is 4. The molecular weight excluding hydrogens is 192 g/mol. The van der Waals surface area contributed by atoms with Crippen molar-refractivity contribution in [2.75, 3.05) is 0 Å². The van der Waals surface area contributed by atoms with Crippen LogP contribution in [0.3, 0.4) is 0 Å². The molecule has 0 bridgehead atoms. The lowest BCUT2D eigenvalue weighted by Gasteiger charge is -2.40. The van der Waals surface area contributed by atoms with Gasteiger partial charge in [-0.3, -0.25) is 9.59 Å². The van der Waals surface area contributed by atoms with Gasteiger partial charge in [-0.05, 0) is 26.7 Å². The van der Waals surface area contributed by atoms with Crippen LogP contribution < -0.4 is 0 Å². The molecule has 1 fully saturated rings. The fourth-order valence-electron chi connectivity index (χ4n) is 1.87. The van der Waals surface area contributed by atoms with Crippen molar-refractivity contribution in [3.63, 3.8) is 0 Å². The van der Waals surface area contributed by atoms with E-state index in [2.05, 4.69) is 6.58 Å². The molecular formula is C12H18O3. The maximum Gasteiger partial charge on any atom is 0.324 e. The van der Waals surface area contributed by atoms with Crippen molar-refractivity contribution in [3.05, 3.63) is 12.2 Å². The van der Waals surface area contributed by atoms with Crippen LogP contribution in [0.15, 0.2) is 12.2 Å². The second kappa shape index (κ2) is 4.17. The Morgan fingerprint density at radius 2 is 2.13 bits per heavy atom. The molecule has 3 nitrogen and oxygen atoms in total. The second-order valence-electron chi connectivity index (χ2n) is 4.24. The minimum absolute atomic E-state index is 0.0654. The fraction of sp³-hybridized carbons (Fsp3) is 0.667. The van der Waals surface area contributed by atoms with E-state index in [4.69, 9.17) is 4.74 Å². The smallest absolute Gasteiger partial charge is 0.324 e. The third-order valence-corrected chi connectivity index (χ3v) is 2.89. The average Bonchev–Trinajstić information content (AvgIpc) is 2.14. The topological polar surface area (TPSA) is 43.4 Å². The van der Waals surface area contributed by atoms with Crippen LogP contribution in [0.25, 0.3) is 0 Å². The zero-order valence-electron chi connectivity index (χ0n) is 9.63. The Morgan fingerprint density at radius 1 is 1.53 bits per heavy atom. The summed E-state index contributed by atoms with van der Waals surface area (Å²) in [5.74, 6) is -0.481. The van der Waals surface area contributed by atoms with Gasteiger partial charge in [0.05, 0.1) is 6.10 Å². The van der Waals surface area contributed by atoms with Crippen LogP contribution >= 0.6 is 0 Å². The molecule has 1 atom stereocenters. The molecule has 0 unspecified atom stereocenters. The molecule has 0 N–H and O–H groups in total. The molecule has 1 saturated carbocycles. The van der Waals surface area contributed by atoms with Crippen molar-refractivity contribution in [2.24, 2.45) is 5.41 Å². The third-order valence-electron chi connectivity index (χ3n) is 2.89. The standard InChI is InChI=1S/C12H18O3/c1-5-10(13)12(7-6-9(12)4)11(14)15-8(2)3/h8H,4-7H2,1-3H3/t12-/m1/s1. The zero-order chi connectivity index (χ0) is 11.6. The minimum Gasteiger partial charge on any atom is -0.462 e. The minimum atomic E-state index is -1.01. The molecule has 0 saturated heterocycles. The Bertz CT molecular complexity index is 304. The first-order valence-corrected chi connectivity index (χ1v) is 5.37. The predicted octanol–water partition coefficient (Wildman–Crippen LogP) is 2.25. The van der Waals surface area contributed by atoms with Crippen molar-refractivity contribution in [2.45, 2.75) is 46.1 Å². The SMILES string of the molecule is C=C1CC[C@@]1(C(=O)CC)C(=O)OC(C)C. The van der Waals surface area contributed by atoms with Gasteiger partial charge in [0.15, 0.2) is 5.78 Å². The molecule has 0 heterocycles. The first kappa shape index (κ1) is 12.0. The summed E-state index contributed by atoms with van der Waals surface area (Å²) in [7, 11) is 0. The normalized spacial score (nSPS) is 24.9. The molecule has 0 aromatic carbocycles. The van der Waals surface area contributed by atoms with Gasteiger partial charge in [-0.1, -0.05) is 19.1 Å². The second-order valence-corrected chi connectivity index (χ2v) is 4.24. The summed E-state index contributed by atoms with van der Waals surface area (Å²) < 4.78 is 5.13. The summed E-state index contributed by atoms with van der Waals surface area (Å²) in [5.41, 5.74) is -0.307. The number of esters is 1. The monoisotopic (exact) mass is 210 g/mol. The molecule has 84 valence electrons. The molecule has 3 heteroatoms. The van der Waals surface area contributed by atoms with Gasteiger partial charge in [0.2, 0.25) is 0 Å². The number of hydrogen-bond acceptors (Lipinski definition) is 3. The van der Waals surface area contributed by atoms with Gasteiger partial charge < -0.3 is 4.74 Å². The summed E-state index contributed by atoms with van der Waals surface area (Å²) in [6.45, 7) is 9.11. The molecule has 0 aliphatic heterocycles. The highest BCUT2D eigenvalue weighted by atomic mass is 16.5. The summed E-state index contributed by atoms with van der Waals surface area (Å²) in [6.07, 6.45) is 1.47. The van der Waals surface area contributed by atoms with Crippen LogP contribution in [0.1, 0.15) is 40.0 Å². The van der Waals surface area contributed by atoms with E-state index < -0.39 is 11.4 Å². The number of ether oxygens (including phenoxy) is 1. The van der Waals surface area contributed by atoms with E-state index in [1.165, 1.54) is 0 Å². The summed E-state index contributed by atoms with van der Waals surface area (Å²) >= 11 is 0.